The Hall–Kier alpha value is -2.29. The molecule has 0 aromatic heterocycles. The number of benzene rings is 2. The minimum Gasteiger partial charge on any atom is -0.355 e. The van der Waals surface area contributed by atoms with Crippen molar-refractivity contribution >= 4 is 50.7 Å². The van der Waals surface area contributed by atoms with Gasteiger partial charge in [0.2, 0.25) is 21.8 Å². The summed E-state index contributed by atoms with van der Waals surface area (Å²) in [5.74, 6) is -0.814. The lowest BCUT2D eigenvalue weighted by Crippen LogP contribution is -2.52. The zero-order chi connectivity index (χ0) is 25.5. The number of sulfonamides is 1. The smallest absolute Gasteiger partial charge is 0.244 e. The van der Waals surface area contributed by atoms with Crippen LogP contribution in [0.15, 0.2) is 42.5 Å². The second kappa shape index (κ2) is 12.4. The number of aryl methyl sites for hydroxylation is 1. The Morgan fingerprint density at radius 1 is 0.971 bits per heavy atom. The fraction of sp³-hybridized carbons (Fsp3) is 0.417. The molecule has 0 spiro atoms. The quantitative estimate of drug-likeness (QED) is 0.472. The third kappa shape index (κ3) is 7.35. The predicted molar refractivity (Wildman–Crippen MR) is 138 cm³/mol. The minimum atomic E-state index is -3.77. The lowest BCUT2D eigenvalue weighted by Gasteiger charge is -2.33. The highest BCUT2D eigenvalue weighted by molar-refractivity contribution is 7.92. The summed E-state index contributed by atoms with van der Waals surface area (Å²) in [7, 11) is -3.77. The lowest BCUT2D eigenvalue weighted by molar-refractivity contribution is -0.140. The Labute approximate surface area is 212 Å². The molecule has 10 heteroatoms. The molecule has 1 unspecified atom stereocenters. The number of nitrogens with one attached hydrogen (secondary N) is 1. The van der Waals surface area contributed by atoms with Crippen molar-refractivity contribution < 1.29 is 18.0 Å². The van der Waals surface area contributed by atoms with Gasteiger partial charge in [-0.15, -0.1) is 0 Å². The van der Waals surface area contributed by atoms with Crippen LogP contribution in [0.25, 0.3) is 0 Å². The average Bonchev–Trinajstić information content (AvgIpc) is 2.79. The average molecular weight is 529 g/mol. The summed E-state index contributed by atoms with van der Waals surface area (Å²) in [4.78, 5) is 27.7. The summed E-state index contributed by atoms with van der Waals surface area (Å²) in [6.45, 7) is 5.62. The van der Waals surface area contributed by atoms with Gasteiger partial charge in [-0.25, -0.2) is 8.42 Å². The third-order valence-electron chi connectivity index (χ3n) is 5.39. The second-order valence-electron chi connectivity index (χ2n) is 7.88. The molecule has 0 aliphatic rings. The van der Waals surface area contributed by atoms with Crippen LogP contribution >= 0.6 is 23.2 Å². The van der Waals surface area contributed by atoms with Crippen LogP contribution < -0.4 is 9.62 Å². The van der Waals surface area contributed by atoms with E-state index in [2.05, 4.69) is 5.32 Å². The first-order valence-electron chi connectivity index (χ1n) is 11.1. The maximum absolute atomic E-state index is 13.5. The summed E-state index contributed by atoms with van der Waals surface area (Å²) >= 11 is 12.2. The highest BCUT2D eigenvalue weighted by atomic mass is 35.5. The summed E-state index contributed by atoms with van der Waals surface area (Å²) in [5.41, 5.74) is 2.10. The third-order valence-corrected chi connectivity index (χ3v) is 7.27. The van der Waals surface area contributed by atoms with E-state index in [1.165, 1.54) is 4.90 Å². The predicted octanol–water partition coefficient (Wildman–Crippen LogP) is 4.27. The van der Waals surface area contributed by atoms with Crippen molar-refractivity contribution in [1.82, 2.24) is 10.2 Å². The molecule has 0 saturated carbocycles. The molecule has 2 rings (SSSR count). The molecule has 0 bridgehead atoms. The number of nitrogens with zero attached hydrogens (tertiary/aromatic N) is 2. The van der Waals surface area contributed by atoms with Crippen molar-refractivity contribution in [2.75, 3.05) is 23.7 Å². The Kier molecular flexibility index (Phi) is 10.2. The van der Waals surface area contributed by atoms with Crippen molar-refractivity contribution in [3.05, 3.63) is 63.6 Å². The molecule has 2 aromatic carbocycles. The number of rotatable bonds is 11. The minimum absolute atomic E-state index is 0.0672. The number of carbonyl (C=O) groups excluding carboxylic acids is 2. The number of halogens is 2. The monoisotopic (exact) mass is 527 g/mol. The number of anilines is 1. The molecule has 0 aliphatic heterocycles. The molecule has 0 aliphatic carbocycles. The number of carbonyl (C=O) groups is 2. The van der Waals surface area contributed by atoms with E-state index >= 15 is 0 Å². The summed E-state index contributed by atoms with van der Waals surface area (Å²) in [5, 5.41) is 3.45. The maximum Gasteiger partial charge on any atom is 0.244 e. The van der Waals surface area contributed by atoms with E-state index < -0.39 is 28.5 Å². The van der Waals surface area contributed by atoms with E-state index in [1.54, 1.807) is 44.2 Å². The second-order valence-corrected chi connectivity index (χ2v) is 10.6. The molecular formula is C24H31Cl2N3O4S. The standard InChI is InChI=1S/C24H31Cl2N3O4S/c1-5-17-8-11-19(12-9-17)29(34(4,32)33)16-23(30)28(22(6-2)24(31)27-7-3)15-18-10-13-20(25)21(26)14-18/h8-14,22H,5-7,15-16H2,1-4H3,(H,27,31). The molecule has 2 aromatic rings. The van der Waals surface area contributed by atoms with Gasteiger partial charge in [-0.05, 0) is 55.2 Å². The Balaban J connectivity index is 2.44. The first kappa shape index (κ1) is 28.0. The number of amides is 2. The Morgan fingerprint density at radius 3 is 2.09 bits per heavy atom. The van der Waals surface area contributed by atoms with Crippen LogP contribution in [0.1, 0.15) is 38.3 Å². The van der Waals surface area contributed by atoms with Gasteiger partial charge in [-0.2, -0.15) is 0 Å². The fourth-order valence-electron chi connectivity index (χ4n) is 3.56. The first-order chi connectivity index (χ1) is 16.0. The summed E-state index contributed by atoms with van der Waals surface area (Å²) < 4.78 is 26.3. The van der Waals surface area contributed by atoms with Gasteiger partial charge in [0.1, 0.15) is 12.6 Å². The van der Waals surface area contributed by atoms with Crippen molar-refractivity contribution in [3.8, 4) is 0 Å². The molecular weight excluding hydrogens is 497 g/mol. The van der Waals surface area contributed by atoms with Gasteiger partial charge in [-0.1, -0.05) is 55.2 Å². The maximum atomic E-state index is 13.5. The molecule has 0 heterocycles. The Morgan fingerprint density at radius 2 is 1.59 bits per heavy atom. The molecule has 0 fully saturated rings. The van der Waals surface area contributed by atoms with E-state index in [0.717, 1.165) is 22.5 Å². The molecule has 0 saturated heterocycles. The van der Waals surface area contributed by atoms with Gasteiger partial charge in [0, 0.05) is 13.1 Å². The van der Waals surface area contributed by atoms with Crippen molar-refractivity contribution in [2.45, 2.75) is 46.2 Å². The van der Waals surface area contributed by atoms with Crippen molar-refractivity contribution in [3.63, 3.8) is 0 Å². The van der Waals surface area contributed by atoms with Gasteiger partial charge < -0.3 is 10.2 Å². The molecule has 1 atom stereocenters. The van der Waals surface area contributed by atoms with Gasteiger partial charge >= 0.3 is 0 Å². The van der Waals surface area contributed by atoms with Crippen molar-refractivity contribution in [1.29, 1.82) is 0 Å². The van der Waals surface area contributed by atoms with Crippen LogP contribution in [0.3, 0.4) is 0 Å². The topological polar surface area (TPSA) is 86.8 Å². The van der Waals surface area contributed by atoms with Crippen molar-refractivity contribution in [2.24, 2.45) is 0 Å². The SMILES string of the molecule is CCNC(=O)C(CC)N(Cc1ccc(Cl)c(Cl)c1)C(=O)CN(c1ccc(CC)cc1)S(C)(=O)=O. The van der Waals surface area contributed by atoms with Gasteiger partial charge in [-0.3, -0.25) is 13.9 Å². The molecule has 34 heavy (non-hydrogen) atoms. The van der Waals surface area contributed by atoms with Gasteiger partial charge in [0.25, 0.3) is 0 Å². The van der Waals surface area contributed by atoms with E-state index in [4.69, 9.17) is 23.2 Å². The zero-order valence-electron chi connectivity index (χ0n) is 19.8. The van der Waals surface area contributed by atoms with Crippen LogP contribution in [-0.2, 0) is 32.6 Å². The first-order valence-corrected chi connectivity index (χ1v) is 13.7. The number of hydrogen-bond acceptors (Lipinski definition) is 4. The molecule has 186 valence electrons. The van der Waals surface area contributed by atoms with E-state index in [-0.39, 0.29) is 12.5 Å². The zero-order valence-corrected chi connectivity index (χ0v) is 22.2. The number of likely N-dealkylation sites (N-methyl/N-ethyl adjacent to an activating group) is 1. The highest BCUT2D eigenvalue weighted by Gasteiger charge is 2.31. The molecule has 1 N–H and O–H groups in total. The Bertz CT molecular complexity index is 1110. The van der Waals surface area contributed by atoms with E-state index in [1.807, 2.05) is 19.1 Å². The van der Waals surface area contributed by atoms with Crippen LogP contribution in [0.2, 0.25) is 10.0 Å². The molecule has 7 nitrogen and oxygen atoms in total. The van der Waals surface area contributed by atoms with E-state index in [9.17, 15) is 18.0 Å². The lowest BCUT2D eigenvalue weighted by atomic mass is 10.1. The van der Waals surface area contributed by atoms with Crippen LogP contribution in [0.4, 0.5) is 5.69 Å². The van der Waals surface area contributed by atoms with Crippen LogP contribution in [0.5, 0.6) is 0 Å². The summed E-state index contributed by atoms with van der Waals surface area (Å²) in [6.07, 6.45) is 2.21. The number of hydrogen-bond donors (Lipinski definition) is 1. The largest absolute Gasteiger partial charge is 0.355 e. The van der Waals surface area contributed by atoms with Gasteiger partial charge in [0.15, 0.2) is 0 Å². The fourth-order valence-corrected chi connectivity index (χ4v) is 4.73. The van der Waals surface area contributed by atoms with Crippen LogP contribution in [0, 0.1) is 0 Å². The molecule has 2 amide bonds. The van der Waals surface area contributed by atoms with Crippen LogP contribution in [-0.4, -0.2) is 50.5 Å². The normalized spacial score (nSPS) is 12.2. The van der Waals surface area contributed by atoms with Gasteiger partial charge in [0.05, 0.1) is 22.0 Å². The highest BCUT2D eigenvalue weighted by Crippen LogP contribution is 2.25. The molecule has 0 radical (unpaired) electrons. The summed E-state index contributed by atoms with van der Waals surface area (Å²) in [6, 6.07) is 11.2. The van der Waals surface area contributed by atoms with E-state index in [0.29, 0.717) is 34.3 Å².